The summed E-state index contributed by atoms with van der Waals surface area (Å²) in [5, 5.41) is 11.4. The van der Waals surface area contributed by atoms with E-state index in [-0.39, 0.29) is 11.3 Å². The number of aromatic hydroxyl groups is 1. The molecule has 31 heavy (non-hydrogen) atoms. The lowest BCUT2D eigenvalue weighted by molar-refractivity contribution is -0.0545. The van der Waals surface area contributed by atoms with Crippen molar-refractivity contribution in [3.63, 3.8) is 0 Å². The largest absolute Gasteiger partial charge is 0.507 e. The molecule has 10 heteroatoms. The van der Waals surface area contributed by atoms with E-state index in [2.05, 4.69) is 9.47 Å². The number of ketones is 1. The summed E-state index contributed by atoms with van der Waals surface area (Å²) in [6.07, 6.45) is 0. The Balaban J connectivity index is 1.77. The summed E-state index contributed by atoms with van der Waals surface area (Å²) in [4.78, 5) is 24.7. The summed E-state index contributed by atoms with van der Waals surface area (Å²) < 4.78 is 63.1. The predicted molar refractivity (Wildman–Crippen MR) is 99.9 cm³/mol. The summed E-state index contributed by atoms with van der Waals surface area (Å²) in [5.74, 6) is -3.55. The molecule has 3 aromatic carbocycles. The molecule has 0 atom stereocenters. The van der Waals surface area contributed by atoms with Crippen LogP contribution < -0.4 is 9.47 Å². The first-order valence-electron chi connectivity index (χ1n) is 8.70. The van der Waals surface area contributed by atoms with E-state index < -0.39 is 48.6 Å². The third kappa shape index (κ3) is 5.41. The Hall–Kier alpha value is -3.82. The highest BCUT2D eigenvalue weighted by Gasteiger charge is 2.21. The zero-order valence-corrected chi connectivity index (χ0v) is 15.6. The number of hydrogen-bond acceptors (Lipinski definition) is 6. The molecule has 3 aromatic rings. The van der Waals surface area contributed by atoms with E-state index in [0.717, 1.165) is 12.1 Å². The first-order chi connectivity index (χ1) is 14.7. The van der Waals surface area contributed by atoms with Gasteiger partial charge in [-0.1, -0.05) is 24.3 Å². The van der Waals surface area contributed by atoms with Gasteiger partial charge in [0.25, 0.3) is 0 Å². The van der Waals surface area contributed by atoms with Gasteiger partial charge in [-0.05, 0) is 35.0 Å². The maximum atomic E-state index is 12.6. The first kappa shape index (κ1) is 21.9. The van der Waals surface area contributed by atoms with E-state index in [1.807, 2.05) is 0 Å². The van der Waals surface area contributed by atoms with Crippen molar-refractivity contribution in [3.8, 4) is 17.2 Å². The van der Waals surface area contributed by atoms with Crippen molar-refractivity contribution in [3.05, 3.63) is 65.7 Å². The predicted octanol–water partition coefficient (Wildman–Crippen LogP) is 4.79. The molecule has 0 amide bonds. The average Bonchev–Trinajstić information content (AvgIpc) is 2.70. The van der Waals surface area contributed by atoms with Gasteiger partial charge in [-0.15, -0.1) is 0 Å². The van der Waals surface area contributed by atoms with Gasteiger partial charge < -0.3 is 19.3 Å². The minimum Gasteiger partial charge on any atom is -0.507 e. The number of rotatable bonds is 8. The molecule has 0 aromatic heterocycles. The van der Waals surface area contributed by atoms with Crippen molar-refractivity contribution in [1.29, 1.82) is 0 Å². The number of benzene rings is 3. The normalized spacial score (nSPS) is 11.0. The van der Waals surface area contributed by atoms with E-state index in [1.165, 1.54) is 12.1 Å². The third-order valence-corrected chi connectivity index (χ3v) is 4.11. The fraction of sp³-hybridized carbons (Fsp3) is 0.143. The van der Waals surface area contributed by atoms with E-state index in [1.54, 1.807) is 24.3 Å². The number of alkyl halides is 4. The van der Waals surface area contributed by atoms with Gasteiger partial charge in [0, 0.05) is 6.07 Å². The van der Waals surface area contributed by atoms with Crippen LogP contribution in [-0.2, 0) is 4.74 Å². The van der Waals surface area contributed by atoms with Crippen LogP contribution in [0.4, 0.5) is 17.6 Å². The number of hydrogen-bond donors (Lipinski definition) is 1. The van der Waals surface area contributed by atoms with E-state index >= 15 is 0 Å². The fourth-order valence-corrected chi connectivity index (χ4v) is 2.78. The number of carbonyl (C=O) groups is 2. The highest BCUT2D eigenvalue weighted by atomic mass is 19.3. The number of halogens is 4. The molecule has 0 spiro atoms. The molecule has 0 saturated heterocycles. The number of phenolic OH excluding ortho intramolecular Hbond substituents is 1. The van der Waals surface area contributed by atoms with Crippen molar-refractivity contribution in [2.24, 2.45) is 0 Å². The quantitative estimate of drug-likeness (QED) is 0.310. The van der Waals surface area contributed by atoms with Crippen LogP contribution in [0.25, 0.3) is 10.8 Å². The van der Waals surface area contributed by atoms with Gasteiger partial charge in [-0.25, -0.2) is 4.79 Å². The monoisotopic (exact) mass is 438 g/mol. The SMILES string of the molecule is O=C(OCC(=O)c1ccc(OC(F)F)cc1OC(F)F)c1cc2ccccc2cc1O. The highest BCUT2D eigenvalue weighted by Crippen LogP contribution is 2.29. The van der Waals surface area contributed by atoms with Gasteiger partial charge in [0.2, 0.25) is 5.78 Å². The van der Waals surface area contributed by atoms with Crippen LogP contribution in [0.5, 0.6) is 17.2 Å². The summed E-state index contributed by atoms with van der Waals surface area (Å²) in [5.41, 5.74) is -0.631. The average molecular weight is 438 g/mol. The molecule has 0 fully saturated rings. The van der Waals surface area contributed by atoms with E-state index in [9.17, 15) is 32.3 Å². The molecule has 0 aliphatic rings. The molecule has 0 aliphatic heterocycles. The van der Waals surface area contributed by atoms with Crippen LogP contribution in [0.2, 0.25) is 0 Å². The Morgan fingerprint density at radius 3 is 2.13 bits per heavy atom. The lowest BCUT2D eigenvalue weighted by Crippen LogP contribution is -2.16. The topological polar surface area (TPSA) is 82.1 Å². The lowest BCUT2D eigenvalue weighted by atomic mass is 10.1. The third-order valence-electron chi connectivity index (χ3n) is 4.11. The summed E-state index contributed by atoms with van der Waals surface area (Å²) in [6, 6.07) is 12.2. The molecule has 0 aliphatic carbocycles. The fourth-order valence-electron chi connectivity index (χ4n) is 2.78. The molecular formula is C21H14F4O6. The van der Waals surface area contributed by atoms with Crippen LogP contribution in [0, 0.1) is 0 Å². The van der Waals surface area contributed by atoms with Gasteiger partial charge in [0.1, 0.15) is 22.8 Å². The number of fused-ring (bicyclic) bond motifs is 1. The summed E-state index contributed by atoms with van der Waals surface area (Å²) >= 11 is 0. The number of carbonyl (C=O) groups excluding carboxylic acids is 2. The standard InChI is InChI=1S/C21H14F4O6/c22-20(23)30-13-5-6-14(18(9-13)31-21(24)25)17(27)10-29-19(28)15-7-11-3-1-2-4-12(11)8-16(15)26/h1-9,20-21,26H,10H2. The molecule has 0 bridgehead atoms. The van der Waals surface area contributed by atoms with Crippen molar-refractivity contribution in [1.82, 2.24) is 0 Å². The van der Waals surface area contributed by atoms with Gasteiger partial charge in [-0.2, -0.15) is 17.6 Å². The van der Waals surface area contributed by atoms with E-state index in [0.29, 0.717) is 16.8 Å². The summed E-state index contributed by atoms with van der Waals surface area (Å²) in [6.45, 7) is -7.43. The maximum Gasteiger partial charge on any atom is 0.387 e. The molecular weight excluding hydrogens is 424 g/mol. The Morgan fingerprint density at radius 2 is 1.48 bits per heavy atom. The minimum atomic E-state index is -3.34. The van der Waals surface area contributed by atoms with Gasteiger partial charge in [0.05, 0.1) is 5.56 Å². The van der Waals surface area contributed by atoms with Gasteiger partial charge in [-0.3, -0.25) is 4.79 Å². The second kappa shape index (κ2) is 9.33. The van der Waals surface area contributed by atoms with Crippen molar-refractivity contribution in [2.75, 3.05) is 6.61 Å². The minimum absolute atomic E-state index is 0.198. The molecule has 162 valence electrons. The smallest absolute Gasteiger partial charge is 0.387 e. The number of ether oxygens (including phenoxy) is 3. The van der Waals surface area contributed by atoms with Gasteiger partial charge in [0.15, 0.2) is 6.61 Å². The molecule has 3 rings (SSSR count). The van der Waals surface area contributed by atoms with Crippen molar-refractivity contribution < 1.29 is 46.5 Å². The first-order valence-corrected chi connectivity index (χ1v) is 8.70. The zero-order chi connectivity index (χ0) is 22.5. The van der Waals surface area contributed by atoms with Crippen molar-refractivity contribution >= 4 is 22.5 Å². The second-order valence-corrected chi connectivity index (χ2v) is 6.13. The Labute approximate surface area is 172 Å². The molecule has 0 heterocycles. The van der Waals surface area contributed by atoms with Crippen LogP contribution >= 0.6 is 0 Å². The summed E-state index contributed by atoms with van der Waals surface area (Å²) in [7, 11) is 0. The molecule has 0 saturated carbocycles. The van der Waals surface area contributed by atoms with E-state index in [4.69, 9.17) is 4.74 Å². The van der Waals surface area contributed by atoms with Crippen LogP contribution in [0.15, 0.2) is 54.6 Å². The Kier molecular flexibility index (Phi) is 6.58. The van der Waals surface area contributed by atoms with Crippen LogP contribution in [0.3, 0.4) is 0 Å². The molecule has 0 radical (unpaired) electrons. The Bertz CT molecular complexity index is 1120. The lowest BCUT2D eigenvalue weighted by Gasteiger charge is -2.13. The van der Waals surface area contributed by atoms with Crippen LogP contribution in [0.1, 0.15) is 20.7 Å². The second-order valence-electron chi connectivity index (χ2n) is 6.13. The molecule has 6 nitrogen and oxygen atoms in total. The zero-order valence-electron chi connectivity index (χ0n) is 15.6. The Morgan fingerprint density at radius 1 is 0.839 bits per heavy atom. The molecule has 1 N–H and O–H groups in total. The number of Topliss-reactive ketones (excluding diaryl/α,β-unsaturated/α-hetero) is 1. The maximum absolute atomic E-state index is 12.6. The number of phenols is 1. The number of esters is 1. The van der Waals surface area contributed by atoms with Crippen molar-refractivity contribution in [2.45, 2.75) is 13.2 Å². The van der Waals surface area contributed by atoms with Gasteiger partial charge >= 0.3 is 19.2 Å². The highest BCUT2D eigenvalue weighted by molar-refractivity contribution is 6.03. The van der Waals surface area contributed by atoms with Crippen LogP contribution in [-0.4, -0.2) is 36.7 Å². The molecule has 0 unspecified atom stereocenters.